The quantitative estimate of drug-likeness (QED) is 0.824. The molecule has 0 atom stereocenters. The molecule has 0 aliphatic rings. The Bertz CT molecular complexity index is 462. The van der Waals surface area contributed by atoms with Crippen LogP contribution in [0.2, 0.25) is 0 Å². The van der Waals surface area contributed by atoms with E-state index in [4.69, 9.17) is 5.73 Å². The normalized spacial score (nSPS) is 10.4. The highest BCUT2D eigenvalue weighted by molar-refractivity contribution is 5.52. The largest absolute Gasteiger partial charge is 0.397 e. The molecule has 2 rings (SSSR count). The summed E-state index contributed by atoms with van der Waals surface area (Å²) in [6.07, 6.45) is 5.60. The number of aromatic nitrogens is 2. The maximum atomic E-state index is 5.68. The van der Waals surface area contributed by atoms with Gasteiger partial charge in [-0.1, -0.05) is 0 Å². The number of nitrogens with two attached hydrogens (primary N) is 1. The van der Waals surface area contributed by atoms with Gasteiger partial charge >= 0.3 is 0 Å². The molecule has 0 saturated heterocycles. The summed E-state index contributed by atoms with van der Waals surface area (Å²) < 4.78 is 0. The molecule has 16 heavy (non-hydrogen) atoms. The van der Waals surface area contributed by atoms with Gasteiger partial charge in [0.1, 0.15) is 5.82 Å². The van der Waals surface area contributed by atoms with Gasteiger partial charge in [-0.25, -0.2) is 4.98 Å². The third kappa shape index (κ3) is 2.16. The minimum atomic E-state index is 0.705. The number of aryl methyl sites for hydroxylation is 1. The first-order chi connectivity index (χ1) is 7.66. The van der Waals surface area contributed by atoms with Crippen LogP contribution in [-0.2, 0) is 6.54 Å². The summed E-state index contributed by atoms with van der Waals surface area (Å²) in [6, 6.07) is 4.00. The predicted molar refractivity (Wildman–Crippen MR) is 66.3 cm³/mol. The molecule has 4 nitrogen and oxygen atoms in total. The van der Waals surface area contributed by atoms with Crippen molar-refractivity contribution >= 4 is 11.5 Å². The summed E-state index contributed by atoms with van der Waals surface area (Å²) in [5.41, 5.74) is 8.71. The van der Waals surface area contributed by atoms with Crippen molar-refractivity contribution in [1.29, 1.82) is 0 Å². The second-order valence-corrected chi connectivity index (χ2v) is 3.98. The maximum Gasteiger partial charge on any atom is 0.131 e. The van der Waals surface area contributed by atoms with E-state index >= 15 is 0 Å². The number of nitrogens with zero attached hydrogens (tertiary/aromatic N) is 2. The summed E-state index contributed by atoms with van der Waals surface area (Å²) in [5.74, 6) is 0.968. The summed E-state index contributed by atoms with van der Waals surface area (Å²) >= 11 is 0. The summed E-state index contributed by atoms with van der Waals surface area (Å²) in [6.45, 7) is 2.85. The van der Waals surface area contributed by atoms with E-state index in [0.29, 0.717) is 5.69 Å². The molecule has 4 heteroatoms. The molecule has 0 aliphatic heterocycles. The molecule has 2 aromatic heterocycles. The molecule has 0 radical (unpaired) electrons. The van der Waals surface area contributed by atoms with Gasteiger partial charge in [0, 0.05) is 26.0 Å². The van der Waals surface area contributed by atoms with E-state index in [9.17, 15) is 0 Å². The number of H-pyrrole nitrogens is 1. The van der Waals surface area contributed by atoms with Crippen molar-refractivity contribution in [2.45, 2.75) is 13.5 Å². The lowest BCUT2D eigenvalue weighted by Crippen LogP contribution is -2.18. The predicted octanol–water partition coefficient (Wildman–Crippen LogP) is 1.94. The number of nitrogens with one attached hydrogen (secondary N) is 1. The van der Waals surface area contributed by atoms with Gasteiger partial charge in [-0.05, 0) is 30.2 Å². The molecule has 2 heterocycles. The second kappa shape index (κ2) is 4.26. The van der Waals surface area contributed by atoms with Crippen LogP contribution in [-0.4, -0.2) is 17.0 Å². The zero-order valence-electron chi connectivity index (χ0n) is 9.57. The van der Waals surface area contributed by atoms with Crippen molar-refractivity contribution in [3.63, 3.8) is 0 Å². The van der Waals surface area contributed by atoms with Crippen molar-refractivity contribution in [3.05, 3.63) is 41.9 Å². The fourth-order valence-corrected chi connectivity index (χ4v) is 1.79. The maximum absolute atomic E-state index is 5.68. The van der Waals surface area contributed by atoms with Crippen molar-refractivity contribution < 1.29 is 0 Å². The lowest BCUT2D eigenvalue weighted by molar-refractivity contribution is 0.892. The lowest BCUT2D eigenvalue weighted by Gasteiger charge is -2.19. The number of hydrogen-bond donors (Lipinski definition) is 2. The van der Waals surface area contributed by atoms with Gasteiger partial charge in [-0.15, -0.1) is 0 Å². The van der Waals surface area contributed by atoms with Gasteiger partial charge in [0.05, 0.1) is 11.9 Å². The highest BCUT2D eigenvalue weighted by Crippen LogP contribution is 2.19. The Morgan fingerprint density at radius 1 is 1.50 bits per heavy atom. The minimum absolute atomic E-state index is 0.705. The third-order valence-corrected chi connectivity index (χ3v) is 2.52. The third-order valence-electron chi connectivity index (χ3n) is 2.52. The average Bonchev–Trinajstić information content (AvgIpc) is 2.70. The summed E-state index contributed by atoms with van der Waals surface area (Å²) in [7, 11) is 2.03. The van der Waals surface area contributed by atoms with Crippen LogP contribution < -0.4 is 10.6 Å². The zero-order valence-corrected chi connectivity index (χ0v) is 9.57. The summed E-state index contributed by atoms with van der Waals surface area (Å²) in [4.78, 5) is 9.50. The molecule has 84 valence electrons. The lowest BCUT2D eigenvalue weighted by atomic mass is 10.2. The second-order valence-electron chi connectivity index (χ2n) is 3.98. The molecular formula is C12H16N4. The Labute approximate surface area is 95.1 Å². The fraction of sp³-hybridized carbons (Fsp3) is 0.250. The van der Waals surface area contributed by atoms with Gasteiger partial charge in [0.15, 0.2) is 0 Å². The highest BCUT2D eigenvalue weighted by atomic mass is 15.2. The highest BCUT2D eigenvalue weighted by Gasteiger charge is 2.07. The van der Waals surface area contributed by atoms with Crippen molar-refractivity contribution in [2.75, 3.05) is 17.7 Å². The first kappa shape index (κ1) is 10.5. The molecule has 0 aliphatic carbocycles. The van der Waals surface area contributed by atoms with Crippen LogP contribution in [0.5, 0.6) is 0 Å². The standard InChI is InChI=1S/C12H16N4/c1-9-5-11(13)7-15-12(9)16(2)8-10-3-4-14-6-10/h3-7,14H,8,13H2,1-2H3. The molecule has 2 aromatic rings. The zero-order chi connectivity index (χ0) is 11.5. The fourth-order valence-electron chi connectivity index (χ4n) is 1.79. The molecule has 0 saturated carbocycles. The SMILES string of the molecule is Cc1cc(N)cnc1N(C)Cc1cc[nH]c1. The molecule has 0 bridgehead atoms. The van der Waals surface area contributed by atoms with Crippen molar-refractivity contribution in [3.8, 4) is 0 Å². The van der Waals surface area contributed by atoms with E-state index in [0.717, 1.165) is 17.9 Å². The average molecular weight is 216 g/mol. The molecule has 0 amide bonds. The van der Waals surface area contributed by atoms with Crippen LogP contribution >= 0.6 is 0 Å². The first-order valence-electron chi connectivity index (χ1n) is 5.22. The number of hydrogen-bond acceptors (Lipinski definition) is 3. The van der Waals surface area contributed by atoms with Gasteiger partial charge in [0.25, 0.3) is 0 Å². The Balaban J connectivity index is 2.17. The number of pyridine rings is 1. The smallest absolute Gasteiger partial charge is 0.131 e. The molecule has 0 aromatic carbocycles. The number of anilines is 2. The molecular weight excluding hydrogens is 200 g/mol. The van der Waals surface area contributed by atoms with Crippen molar-refractivity contribution in [2.24, 2.45) is 0 Å². The van der Waals surface area contributed by atoms with E-state index in [1.54, 1.807) is 6.20 Å². The number of rotatable bonds is 3. The Hall–Kier alpha value is -1.97. The van der Waals surface area contributed by atoms with E-state index in [1.165, 1.54) is 5.56 Å². The van der Waals surface area contributed by atoms with Crippen molar-refractivity contribution in [1.82, 2.24) is 9.97 Å². The topological polar surface area (TPSA) is 57.9 Å². The Kier molecular flexibility index (Phi) is 2.81. The number of nitrogen functional groups attached to an aromatic ring is 1. The Morgan fingerprint density at radius 2 is 2.31 bits per heavy atom. The van der Waals surface area contributed by atoms with Crippen LogP contribution in [0.3, 0.4) is 0 Å². The first-order valence-corrected chi connectivity index (χ1v) is 5.22. The monoisotopic (exact) mass is 216 g/mol. The van der Waals surface area contributed by atoms with Gasteiger partial charge < -0.3 is 15.6 Å². The molecule has 3 N–H and O–H groups in total. The number of aromatic amines is 1. The Morgan fingerprint density at radius 3 is 2.94 bits per heavy atom. The van der Waals surface area contributed by atoms with E-state index in [2.05, 4.69) is 20.9 Å². The molecule has 0 unspecified atom stereocenters. The van der Waals surface area contributed by atoms with Crippen LogP contribution in [0, 0.1) is 6.92 Å². The van der Waals surface area contributed by atoms with Crippen LogP contribution in [0.15, 0.2) is 30.7 Å². The van der Waals surface area contributed by atoms with Crippen LogP contribution in [0.25, 0.3) is 0 Å². The van der Waals surface area contributed by atoms with E-state index in [1.807, 2.05) is 32.4 Å². The molecule has 0 fully saturated rings. The van der Waals surface area contributed by atoms with E-state index in [-0.39, 0.29) is 0 Å². The van der Waals surface area contributed by atoms with E-state index < -0.39 is 0 Å². The van der Waals surface area contributed by atoms with Gasteiger partial charge in [-0.2, -0.15) is 0 Å². The minimum Gasteiger partial charge on any atom is -0.397 e. The van der Waals surface area contributed by atoms with Crippen LogP contribution in [0.4, 0.5) is 11.5 Å². The van der Waals surface area contributed by atoms with Gasteiger partial charge in [-0.3, -0.25) is 0 Å². The summed E-state index contributed by atoms with van der Waals surface area (Å²) in [5, 5.41) is 0. The van der Waals surface area contributed by atoms with Gasteiger partial charge in [0.2, 0.25) is 0 Å². The van der Waals surface area contributed by atoms with Crippen LogP contribution in [0.1, 0.15) is 11.1 Å². The molecule has 0 spiro atoms.